The third-order valence-corrected chi connectivity index (χ3v) is 6.45. The van der Waals surface area contributed by atoms with E-state index in [-0.39, 0.29) is 11.1 Å². The summed E-state index contributed by atoms with van der Waals surface area (Å²) in [6.45, 7) is 7.43. The molecule has 0 spiro atoms. The second-order valence-corrected chi connectivity index (χ2v) is 9.44. The maximum atomic E-state index is 14.4. The summed E-state index contributed by atoms with van der Waals surface area (Å²) in [7, 11) is 0. The van der Waals surface area contributed by atoms with Crippen LogP contribution in [0.2, 0.25) is 0 Å². The highest BCUT2D eigenvalue weighted by atomic mass is 19.2. The maximum absolute atomic E-state index is 14.4. The Morgan fingerprint density at radius 2 is 0.579 bits per heavy atom. The lowest BCUT2D eigenvalue weighted by Crippen LogP contribution is -1.94. The van der Waals surface area contributed by atoms with Crippen LogP contribution >= 0.6 is 0 Å². The Bertz CT molecular complexity index is 1480. The molecule has 0 aliphatic carbocycles. The Morgan fingerprint density at radius 1 is 0.316 bits per heavy atom. The molecule has 5 aromatic rings. The van der Waals surface area contributed by atoms with Gasteiger partial charge in [0.2, 0.25) is 0 Å². The Labute approximate surface area is 221 Å². The fourth-order valence-corrected chi connectivity index (χ4v) is 4.06. The summed E-state index contributed by atoms with van der Waals surface area (Å²) in [4.78, 5) is 0. The van der Waals surface area contributed by atoms with Crippen LogP contribution in [0.4, 0.5) is 17.6 Å². The molecule has 5 aromatic carbocycles. The molecular weight excluding hydrogens is 484 g/mol. The maximum Gasteiger partial charge on any atom is 0.167 e. The first-order valence-corrected chi connectivity index (χ1v) is 12.3. The van der Waals surface area contributed by atoms with Crippen LogP contribution in [0.25, 0.3) is 33.4 Å². The number of rotatable bonds is 3. The van der Waals surface area contributed by atoms with Crippen LogP contribution in [0.15, 0.2) is 97.1 Å². The topological polar surface area (TPSA) is 0 Å². The number of aryl methyl sites for hydroxylation is 4. The molecule has 0 radical (unpaired) electrons. The van der Waals surface area contributed by atoms with Crippen LogP contribution in [0.1, 0.15) is 22.3 Å². The lowest BCUT2D eigenvalue weighted by atomic mass is 9.98. The molecule has 0 saturated heterocycles. The van der Waals surface area contributed by atoms with Gasteiger partial charge >= 0.3 is 0 Å². The van der Waals surface area contributed by atoms with Crippen LogP contribution in [-0.2, 0) is 0 Å². The molecule has 0 unspecified atom stereocenters. The molecule has 0 bridgehead atoms. The molecule has 0 nitrogen and oxygen atoms in total. The summed E-state index contributed by atoms with van der Waals surface area (Å²) >= 11 is 0. The van der Waals surface area contributed by atoms with Crippen molar-refractivity contribution in [3.63, 3.8) is 0 Å². The number of benzene rings is 5. The van der Waals surface area contributed by atoms with E-state index in [4.69, 9.17) is 0 Å². The van der Waals surface area contributed by atoms with E-state index in [9.17, 15) is 17.6 Å². The number of halogens is 4. The average molecular weight is 513 g/mol. The van der Waals surface area contributed by atoms with Gasteiger partial charge in [0.05, 0.1) is 0 Å². The molecule has 0 atom stereocenters. The van der Waals surface area contributed by atoms with Crippen LogP contribution in [-0.4, -0.2) is 0 Å². The quantitative estimate of drug-likeness (QED) is 0.211. The molecule has 0 heterocycles. The van der Waals surface area contributed by atoms with Crippen molar-refractivity contribution in [1.82, 2.24) is 0 Å². The smallest absolute Gasteiger partial charge is 0.167 e. The average Bonchev–Trinajstić information content (AvgIpc) is 2.91. The zero-order valence-corrected chi connectivity index (χ0v) is 21.7. The van der Waals surface area contributed by atoms with E-state index < -0.39 is 23.3 Å². The van der Waals surface area contributed by atoms with E-state index in [2.05, 4.69) is 0 Å². The molecule has 0 aliphatic rings. The monoisotopic (exact) mass is 512 g/mol. The van der Waals surface area contributed by atoms with Gasteiger partial charge in [-0.2, -0.15) is 0 Å². The first kappa shape index (κ1) is 26.9. The second kappa shape index (κ2) is 11.5. The van der Waals surface area contributed by atoms with Gasteiger partial charge in [0.25, 0.3) is 0 Å². The highest BCUT2D eigenvalue weighted by Crippen LogP contribution is 2.32. The Kier molecular flexibility index (Phi) is 8.11. The highest BCUT2D eigenvalue weighted by molar-refractivity contribution is 5.72. The Balaban J connectivity index is 0.000000186. The minimum Gasteiger partial charge on any atom is -0.203 e. The molecule has 0 amide bonds. The lowest BCUT2D eigenvalue weighted by molar-refractivity contribution is 0.505. The largest absolute Gasteiger partial charge is 0.203 e. The molecule has 0 saturated carbocycles. The molecule has 192 valence electrons. The van der Waals surface area contributed by atoms with Crippen molar-refractivity contribution in [2.75, 3.05) is 0 Å². The summed E-state index contributed by atoms with van der Waals surface area (Å²) in [6.07, 6.45) is 0. The molecule has 4 heteroatoms. The molecule has 0 N–H and O–H groups in total. The predicted molar refractivity (Wildman–Crippen MR) is 148 cm³/mol. The van der Waals surface area contributed by atoms with E-state index in [1.165, 1.54) is 0 Å². The fourth-order valence-electron chi connectivity index (χ4n) is 4.06. The first-order valence-electron chi connectivity index (χ1n) is 12.3. The van der Waals surface area contributed by atoms with Crippen molar-refractivity contribution in [2.24, 2.45) is 0 Å². The van der Waals surface area contributed by atoms with Crippen LogP contribution < -0.4 is 0 Å². The van der Waals surface area contributed by atoms with Crippen molar-refractivity contribution >= 4 is 0 Å². The van der Waals surface area contributed by atoms with Gasteiger partial charge in [0, 0.05) is 16.7 Å². The van der Waals surface area contributed by atoms with Crippen molar-refractivity contribution in [3.05, 3.63) is 143 Å². The summed E-state index contributed by atoms with van der Waals surface area (Å²) in [5.41, 5.74) is 6.52. The SMILES string of the molecule is Cc1ccc(-c2ccc(-c3ccc(C)cc3)c(F)c2F)cc1.Cc1ccc(-c2ccc(C)c(F)c2F)cc1. The summed E-state index contributed by atoms with van der Waals surface area (Å²) in [6, 6.07) is 28.6. The summed E-state index contributed by atoms with van der Waals surface area (Å²) in [5.74, 6) is -3.15. The Morgan fingerprint density at radius 3 is 0.895 bits per heavy atom. The van der Waals surface area contributed by atoms with Crippen LogP contribution in [0.3, 0.4) is 0 Å². The van der Waals surface area contributed by atoms with E-state index in [1.807, 2.05) is 57.2 Å². The van der Waals surface area contributed by atoms with E-state index in [0.717, 1.165) is 16.7 Å². The Hall–Kier alpha value is -4.18. The zero-order chi connectivity index (χ0) is 27.4. The molecule has 5 rings (SSSR count). The summed E-state index contributed by atoms with van der Waals surface area (Å²) in [5, 5.41) is 0. The van der Waals surface area contributed by atoms with E-state index in [0.29, 0.717) is 27.8 Å². The minimum atomic E-state index is -0.804. The van der Waals surface area contributed by atoms with Crippen molar-refractivity contribution in [2.45, 2.75) is 27.7 Å². The van der Waals surface area contributed by atoms with Crippen molar-refractivity contribution < 1.29 is 17.6 Å². The third kappa shape index (κ3) is 5.86. The van der Waals surface area contributed by atoms with Crippen LogP contribution in [0, 0.1) is 51.0 Å². The molecule has 0 aromatic heterocycles. The number of hydrogen-bond acceptors (Lipinski definition) is 0. The first-order chi connectivity index (χ1) is 18.2. The summed E-state index contributed by atoms with van der Waals surface area (Å²) < 4.78 is 55.9. The van der Waals surface area contributed by atoms with Crippen LogP contribution in [0.5, 0.6) is 0 Å². The van der Waals surface area contributed by atoms with Gasteiger partial charge in [-0.05, 0) is 49.9 Å². The standard InChI is InChI=1S/C20H16F2.C14H12F2/c1-13-3-7-15(8-4-13)17-11-12-18(20(22)19(17)21)16-9-5-14(2)6-10-16;1-9-3-6-11(7-4-9)12-8-5-10(2)13(15)14(12)16/h3-12H,1-2H3;3-8H,1-2H3. The molecule has 0 aliphatic heterocycles. The van der Waals surface area contributed by atoms with Gasteiger partial charge in [-0.3, -0.25) is 0 Å². The van der Waals surface area contributed by atoms with Gasteiger partial charge in [-0.15, -0.1) is 0 Å². The third-order valence-electron chi connectivity index (χ3n) is 6.45. The van der Waals surface area contributed by atoms with Gasteiger partial charge in [-0.1, -0.05) is 114 Å². The fraction of sp³-hybridized carbons (Fsp3) is 0.118. The normalized spacial score (nSPS) is 10.6. The molecule has 0 fully saturated rings. The second-order valence-electron chi connectivity index (χ2n) is 9.44. The predicted octanol–water partition coefficient (Wildman–Crippen LogP) is 10.2. The zero-order valence-electron chi connectivity index (χ0n) is 21.7. The molecule has 38 heavy (non-hydrogen) atoms. The highest BCUT2D eigenvalue weighted by Gasteiger charge is 2.16. The minimum absolute atomic E-state index is 0.286. The van der Waals surface area contributed by atoms with Gasteiger partial charge < -0.3 is 0 Å². The van der Waals surface area contributed by atoms with Crippen molar-refractivity contribution in [3.8, 4) is 33.4 Å². The number of hydrogen-bond donors (Lipinski definition) is 0. The molecular formula is C34H28F4. The van der Waals surface area contributed by atoms with E-state index in [1.54, 1.807) is 67.6 Å². The van der Waals surface area contributed by atoms with Gasteiger partial charge in [-0.25, -0.2) is 17.6 Å². The lowest BCUT2D eigenvalue weighted by Gasteiger charge is -2.09. The van der Waals surface area contributed by atoms with E-state index >= 15 is 0 Å². The van der Waals surface area contributed by atoms with Crippen molar-refractivity contribution in [1.29, 1.82) is 0 Å². The van der Waals surface area contributed by atoms with Gasteiger partial charge in [0.15, 0.2) is 23.3 Å². The van der Waals surface area contributed by atoms with Gasteiger partial charge in [0.1, 0.15) is 0 Å².